The molecule has 64 valence electrons. The van der Waals surface area contributed by atoms with Crippen LogP contribution in [0.25, 0.3) is 0 Å². The highest BCUT2D eigenvalue weighted by molar-refractivity contribution is 6.81. The molecule has 2 heteroatoms. The predicted molar refractivity (Wildman–Crippen MR) is 52.4 cm³/mol. The summed E-state index contributed by atoms with van der Waals surface area (Å²) >= 11 is 0. The summed E-state index contributed by atoms with van der Waals surface area (Å²) < 4.78 is 0. The van der Waals surface area contributed by atoms with E-state index in [0.29, 0.717) is 6.42 Å². The van der Waals surface area contributed by atoms with Crippen molar-refractivity contribution in [3.8, 4) is 0 Å². The Balaban J connectivity index is 3.83. The van der Waals surface area contributed by atoms with E-state index < -0.39 is 8.07 Å². The van der Waals surface area contributed by atoms with Crippen LogP contribution in [0.5, 0.6) is 0 Å². The van der Waals surface area contributed by atoms with E-state index in [4.69, 9.17) is 0 Å². The maximum absolute atomic E-state index is 11.0. The molecule has 0 aromatic carbocycles. The van der Waals surface area contributed by atoms with Gasteiger partial charge in [0.1, 0.15) is 0 Å². The van der Waals surface area contributed by atoms with Crippen molar-refractivity contribution in [2.24, 2.45) is 0 Å². The molecule has 0 rings (SSSR count). The van der Waals surface area contributed by atoms with E-state index in [1.54, 1.807) is 6.08 Å². The van der Waals surface area contributed by atoms with Gasteiger partial charge in [-0.1, -0.05) is 32.3 Å². The molecule has 0 heterocycles. The third-order valence-electron chi connectivity index (χ3n) is 1.27. The van der Waals surface area contributed by atoms with E-state index in [0.717, 1.165) is 6.42 Å². The Bertz CT molecular complexity index is 153. The SMILES string of the molecule is CCCC(=O)/C=C\[Si](C)(C)C. The second-order valence-electron chi connectivity index (χ2n) is 3.92. The van der Waals surface area contributed by atoms with Crippen molar-refractivity contribution in [2.45, 2.75) is 39.4 Å². The number of ketones is 1. The summed E-state index contributed by atoms with van der Waals surface area (Å²) in [5, 5.41) is 0. The Labute approximate surface area is 70.5 Å². The fourth-order valence-electron chi connectivity index (χ4n) is 0.673. The lowest BCUT2D eigenvalue weighted by atomic mass is 10.2. The highest BCUT2D eigenvalue weighted by Gasteiger charge is 2.07. The van der Waals surface area contributed by atoms with Gasteiger partial charge in [-0.25, -0.2) is 0 Å². The lowest BCUT2D eigenvalue weighted by molar-refractivity contribution is -0.114. The van der Waals surface area contributed by atoms with Crippen LogP contribution in [0.3, 0.4) is 0 Å². The second-order valence-corrected chi connectivity index (χ2v) is 8.98. The molecule has 0 unspecified atom stereocenters. The summed E-state index contributed by atoms with van der Waals surface area (Å²) in [6, 6.07) is 0. The van der Waals surface area contributed by atoms with Gasteiger partial charge in [-0.3, -0.25) is 4.79 Å². The summed E-state index contributed by atoms with van der Waals surface area (Å²) in [6.07, 6.45) is 3.41. The maximum Gasteiger partial charge on any atom is 0.154 e. The first-order chi connectivity index (χ1) is 4.95. The molecule has 0 radical (unpaired) electrons. The average molecular weight is 170 g/mol. The summed E-state index contributed by atoms with van der Waals surface area (Å²) in [4.78, 5) is 11.0. The van der Waals surface area contributed by atoms with E-state index in [1.807, 2.05) is 6.92 Å². The summed E-state index contributed by atoms with van der Waals surface area (Å²) in [6.45, 7) is 8.70. The zero-order valence-corrected chi connectivity index (χ0v) is 8.98. The molecule has 0 N–H and O–H groups in total. The normalized spacial score (nSPS) is 12.4. The highest BCUT2D eigenvalue weighted by Crippen LogP contribution is 2.02. The lowest BCUT2D eigenvalue weighted by Gasteiger charge is -2.07. The number of carbonyl (C=O) groups is 1. The number of hydrogen-bond acceptors (Lipinski definition) is 1. The first-order valence-electron chi connectivity index (χ1n) is 4.18. The van der Waals surface area contributed by atoms with Crippen molar-refractivity contribution < 1.29 is 4.79 Å². The molecule has 0 amide bonds. The number of allylic oxidation sites excluding steroid dienone is 1. The third kappa shape index (κ3) is 7.52. The molecule has 0 aliphatic heterocycles. The first-order valence-corrected chi connectivity index (χ1v) is 7.75. The predicted octanol–water partition coefficient (Wildman–Crippen LogP) is 2.79. The molecular weight excluding hydrogens is 152 g/mol. The quantitative estimate of drug-likeness (QED) is 0.468. The van der Waals surface area contributed by atoms with Gasteiger partial charge in [0.15, 0.2) is 5.78 Å². The maximum atomic E-state index is 11.0. The van der Waals surface area contributed by atoms with Crippen molar-refractivity contribution in [3.05, 3.63) is 11.8 Å². The van der Waals surface area contributed by atoms with Gasteiger partial charge in [0.25, 0.3) is 0 Å². The van der Waals surface area contributed by atoms with Gasteiger partial charge < -0.3 is 0 Å². The zero-order chi connectivity index (χ0) is 8.91. The smallest absolute Gasteiger partial charge is 0.154 e. The Morgan fingerprint density at radius 1 is 1.36 bits per heavy atom. The Hall–Kier alpha value is -0.373. The number of hydrogen-bond donors (Lipinski definition) is 0. The van der Waals surface area contributed by atoms with Gasteiger partial charge in [0.2, 0.25) is 0 Å². The van der Waals surface area contributed by atoms with Crippen LogP contribution in [0.2, 0.25) is 19.6 Å². The highest BCUT2D eigenvalue weighted by atomic mass is 28.3. The second kappa shape index (κ2) is 4.49. The molecule has 11 heavy (non-hydrogen) atoms. The fraction of sp³-hybridized carbons (Fsp3) is 0.667. The van der Waals surface area contributed by atoms with Gasteiger partial charge in [0.05, 0.1) is 8.07 Å². The van der Waals surface area contributed by atoms with Crippen molar-refractivity contribution >= 4 is 13.9 Å². The molecule has 0 aromatic heterocycles. The summed E-state index contributed by atoms with van der Waals surface area (Å²) in [5.74, 6) is 0.273. The van der Waals surface area contributed by atoms with Crippen LogP contribution >= 0.6 is 0 Å². The van der Waals surface area contributed by atoms with Gasteiger partial charge in [-0.15, -0.1) is 0 Å². The van der Waals surface area contributed by atoms with Gasteiger partial charge in [-0.05, 0) is 12.5 Å². The van der Waals surface area contributed by atoms with Crippen molar-refractivity contribution in [1.29, 1.82) is 0 Å². The molecule has 0 saturated carbocycles. The van der Waals surface area contributed by atoms with E-state index in [2.05, 4.69) is 25.3 Å². The Kier molecular flexibility index (Phi) is 4.34. The van der Waals surface area contributed by atoms with Crippen LogP contribution in [-0.2, 0) is 4.79 Å². The average Bonchev–Trinajstić information content (AvgIpc) is 1.83. The number of carbonyl (C=O) groups excluding carboxylic acids is 1. The van der Waals surface area contributed by atoms with Gasteiger partial charge in [0, 0.05) is 6.42 Å². The van der Waals surface area contributed by atoms with Crippen LogP contribution in [0.15, 0.2) is 11.8 Å². The van der Waals surface area contributed by atoms with Crippen LogP contribution < -0.4 is 0 Å². The minimum Gasteiger partial charge on any atom is -0.295 e. The zero-order valence-electron chi connectivity index (χ0n) is 7.98. The number of rotatable bonds is 4. The van der Waals surface area contributed by atoms with E-state index in [9.17, 15) is 4.79 Å². The largest absolute Gasteiger partial charge is 0.295 e. The monoisotopic (exact) mass is 170 g/mol. The van der Waals surface area contributed by atoms with Crippen LogP contribution in [-0.4, -0.2) is 13.9 Å². The molecule has 0 aliphatic rings. The van der Waals surface area contributed by atoms with Gasteiger partial charge in [-0.2, -0.15) is 0 Å². The molecule has 0 aromatic rings. The molecule has 1 nitrogen and oxygen atoms in total. The molecule has 0 bridgehead atoms. The summed E-state index contributed by atoms with van der Waals surface area (Å²) in [7, 11) is -1.15. The lowest BCUT2D eigenvalue weighted by Crippen LogP contribution is -2.16. The minimum absolute atomic E-state index is 0.273. The standard InChI is InChI=1S/C9H18OSi/c1-5-6-9(10)7-8-11(2,3)4/h7-8H,5-6H2,1-4H3/b8-7-. The molecule has 0 atom stereocenters. The van der Waals surface area contributed by atoms with Crippen molar-refractivity contribution in [2.75, 3.05) is 0 Å². The topological polar surface area (TPSA) is 17.1 Å². The Morgan fingerprint density at radius 3 is 2.27 bits per heavy atom. The fourth-order valence-corrected chi connectivity index (χ4v) is 1.36. The van der Waals surface area contributed by atoms with Crippen LogP contribution in [0.1, 0.15) is 19.8 Å². The third-order valence-corrected chi connectivity index (χ3v) is 2.43. The molecule has 0 aliphatic carbocycles. The van der Waals surface area contributed by atoms with Crippen LogP contribution in [0.4, 0.5) is 0 Å². The van der Waals surface area contributed by atoms with Crippen LogP contribution in [0, 0.1) is 0 Å². The molecule has 0 spiro atoms. The molecule has 0 fully saturated rings. The molecular formula is C9H18OSi. The van der Waals surface area contributed by atoms with E-state index in [-0.39, 0.29) is 5.78 Å². The van der Waals surface area contributed by atoms with Crippen molar-refractivity contribution in [3.63, 3.8) is 0 Å². The van der Waals surface area contributed by atoms with E-state index in [1.165, 1.54) is 0 Å². The Morgan fingerprint density at radius 2 is 1.91 bits per heavy atom. The first kappa shape index (κ1) is 10.6. The minimum atomic E-state index is -1.15. The van der Waals surface area contributed by atoms with Crippen molar-refractivity contribution in [1.82, 2.24) is 0 Å². The summed E-state index contributed by atoms with van der Waals surface area (Å²) in [5.41, 5.74) is 2.10. The van der Waals surface area contributed by atoms with E-state index >= 15 is 0 Å². The molecule has 0 saturated heterocycles. The van der Waals surface area contributed by atoms with Gasteiger partial charge >= 0.3 is 0 Å².